The number of rotatable bonds is 5. The lowest BCUT2D eigenvalue weighted by Crippen LogP contribution is -2.50. The summed E-state index contributed by atoms with van der Waals surface area (Å²) in [5, 5.41) is 9.11. The standard InChI is InChI=1S/C23H27FN6O/c1-29-15-19(14-27-29)20-8-16-9-21(26-13-18(16)12-25-20)28-22(31)17-10-23(11-17)2-5-30(6-3-23)7-4-24/h8-9,12-15,17H,2-7,10-11H2,1H3,(H,26,28,31). The molecule has 0 atom stereocenters. The Balaban J connectivity index is 1.23. The number of halogens is 1. The lowest BCUT2D eigenvalue weighted by Gasteiger charge is -2.51. The molecule has 0 bridgehead atoms. The second-order valence-corrected chi connectivity index (χ2v) is 9.01. The summed E-state index contributed by atoms with van der Waals surface area (Å²) in [4.78, 5) is 23.9. The molecule has 162 valence electrons. The lowest BCUT2D eigenvalue weighted by atomic mass is 9.57. The highest BCUT2D eigenvalue weighted by Crippen LogP contribution is 2.52. The van der Waals surface area contributed by atoms with E-state index in [0.717, 1.165) is 60.8 Å². The summed E-state index contributed by atoms with van der Waals surface area (Å²) in [7, 11) is 1.88. The smallest absolute Gasteiger partial charge is 0.228 e. The Kier molecular flexibility index (Phi) is 5.17. The van der Waals surface area contributed by atoms with Gasteiger partial charge in [0.15, 0.2) is 0 Å². The number of aromatic nitrogens is 4. The van der Waals surface area contributed by atoms with Gasteiger partial charge in [-0.1, -0.05) is 0 Å². The van der Waals surface area contributed by atoms with Crippen LogP contribution in [0.25, 0.3) is 22.0 Å². The molecule has 3 aromatic rings. The largest absolute Gasteiger partial charge is 0.310 e. The molecule has 0 radical (unpaired) electrons. The Bertz CT molecular complexity index is 1100. The lowest BCUT2D eigenvalue weighted by molar-refractivity contribution is -0.129. The Morgan fingerprint density at radius 3 is 2.65 bits per heavy atom. The molecular formula is C23H27FN6O. The molecule has 1 aliphatic carbocycles. The van der Waals surface area contributed by atoms with Crippen molar-refractivity contribution in [3.8, 4) is 11.3 Å². The fourth-order valence-corrected chi connectivity index (χ4v) is 5.00. The van der Waals surface area contributed by atoms with Crippen LogP contribution in [0.3, 0.4) is 0 Å². The highest BCUT2D eigenvalue weighted by molar-refractivity contribution is 5.95. The number of aryl methyl sites for hydroxylation is 1. The highest BCUT2D eigenvalue weighted by atomic mass is 19.1. The van der Waals surface area contributed by atoms with Crippen LogP contribution >= 0.6 is 0 Å². The Morgan fingerprint density at radius 1 is 1.16 bits per heavy atom. The van der Waals surface area contributed by atoms with Crippen LogP contribution in [0.15, 0.2) is 36.9 Å². The first-order valence-electron chi connectivity index (χ1n) is 10.9. The number of nitrogens with one attached hydrogen (secondary N) is 1. The molecule has 5 rings (SSSR count). The van der Waals surface area contributed by atoms with Crippen LogP contribution in [-0.2, 0) is 11.8 Å². The number of alkyl halides is 1. The predicted octanol–water partition coefficient (Wildman–Crippen LogP) is 3.43. The van der Waals surface area contributed by atoms with Crippen molar-refractivity contribution in [2.24, 2.45) is 18.4 Å². The molecule has 1 aliphatic heterocycles. The molecule has 2 fully saturated rings. The van der Waals surface area contributed by atoms with Crippen LogP contribution in [0.4, 0.5) is 10.2 Å². The molecule has 4 heterocycles. The predicted molar refractivity (Wildman–Crippen MR) is 117 cm³/mol. The number of hydrogen-bond acceptors (Lipinski definition) is 5. The van der Waals surface area contributed by atoms with Crippen LogP contribution in [0.2, 0.25) is 0 Å². The minimum Gasteiger partial charge on any atom is -0.310 e. The van der Waals surface area contributed by atoms with Crippen molar-refractivity contribution in [3.05, 3.63) is 36.9 Å². The van der Waals surface area contributed by atoms with E-state index in [1.54, 1.807) is 23.3 Å². The maximum Gasteiger partial charge on any atom is 0.228 e. The van der Waals surface area contributed by atoms with Gasteiger partial charge in [-0.05, 0) is 61.7 Å². The third-order valence-electron chi connectivity index (χ3n) is 6.90. The van der Waals surface area contributed by atoms with Gasteiger partial charge in [0.2, 0.25) is 5.91 Å². The van der Waals surface area contributed by atoms with E-state index in [-0.39, 0.29) is 23.9 Å². The summed E-state index contributed by atoms with van der Waals surface area (Å²) in [6.07, 6.45) is 11.2. The van der Waals surface area contributed by atoms with E-state index in [1.165, 1.54) is 0 Å². The zero-order chi connectivity index (χ0) is 21.4. The average molecular weight is 423 g/mol. The summed E-state index contributed by atoms with van der Waals surface area (Å²) >= 11 is 0. The number of fused-ring (bicyclic) bond motifs is 1. The molecule has 1 saturated heterocycles. The van der Waals surface area contributed by atoms with Crippen molar-refractivity contribution in [3.63, 3.8) is 0 Å². The van der Waals surface area contributed by atoms with Gasteiger partial charge >= 0.3 is 0 Å². The maximum absolute atomic E-state index is 12.8. The number of hydrogen-bond donors (Lipinski definition) is 1. The van der Waals surface area contributed by atoms with Gasteiger partial charge in [-0.15, -0.1) is 0 Å². The number of nitrogens with zero attached hydrogens (tertiary/aromatic N) is 5. The second-order valence-electron chi connectivity index (χ2n) is 9.01. The summed E-state index contributed by atoms with van der Waals surface area (Å²) < 4.78 is 14.3. The molecule has 1 N–H and O–H groups in total. The molecule has 1 saturated carbocycles. The van der Waals surface area contributed by atoms with Crippen LogP contribution in [0.1, 0.15) is 25.7 Å². The van der Waals surface area contributed by atoms with Gasteiger partial charge < -0.3 is 10.2 Å². The highest BCUT2D eigenvalue weighted by Gasteiger charge is 2.48. The number of likely N-dealkylation sites (tertiary alicyclic amines) is 1. The van der Waals surface area contributed by atoms with Gasteiger partial charge in [-0.25, -0.2) is 9.37 Å². The molecule has 1 amide bonds. The second kappa shape index (κ2) is 8.00. The topological polar surface area (TPSA) is 75.9 Å². The van der Waals surface area contributed by atoms with Crippen LogP contribution in [0, 0.1) is 11.3 Å². The van der Waals surface area contributed by atoms with E-state index in [2.05, 4.69) is 25.3 Å². The minimum absolute atomic E-state index is 0.0358. The molecule has 2 aliphatic rings. The first-order valence-corrected chi connectivity index (χ1v) is 10.9. The Labute approximate surface area is 180 Å². The van der Waals surface area contributed by atoms with Gasteiger partial charge in [-0.3, -0.25) is 14.5 Å². The molecule has 0 aromatic carbocycles. The summed E-state index contributed by atoms with van der Waals surface area (Å²) in [6, 6.07) is 3.89. The van der Waals surface area contributed by atoms with Crippen molar-refractivity contribution in [2.45, 2.75) is 25.7 Å². The van der Waals surface area contributed by atoms with E-state index >= 15 is 0 Å². The Hall–Kier alpha value is -2.87. The van der Waals surface area contributed by atoms with Crippen LogP contribution in [-0.4, -0.2) is 56.9 Å². The monoisotopic (exact) mass is 422 g/mol. The zero-order valence-corrected chi connectivity index (χ0v) is 17.7. The van der Waals surface area contributed by atoms with Gasteiger partial charge in [0.05, 0.1) is 11.9 Å². The fraction of sp³-hybridized carbons (Fsp3) is 0.478. The molecule has 0 unspecified atom stereocenters. The van der Waals surface area contributed by atoms with Gasteiger partial charge in [0, 0.05) is 49.1 Å². The third-order valence-corrected chi connectivity index (χ3v) is 6.90. The van der Waals surface area contributed by atoms with Crippen molar-refractivity contribution in [1.29, 1.82) is 0 Å². The van der Waals surface area contributed by atoms with Crippen molar-refractivity contribution in [2.75, 3.05) is 31.6 Å². The summed E-state index contributed by atoms with van der Waals surface area (Å²) in [5.74, 6) is 0.651. The quantitative estimate of drug-likeness (QED) is 0.682. The van der Waals surface area contributed by atoms with Crippen molar-refractivity contribution < 1.29 is 9.18 Å². The molecule has 3 aromatic heterocycles. The number of pyridine rings is 2. The van der Waals surface area contributed by atoms with Crippen molar-refractivity contribution in [1.82, 2.24) is 24.6 Å². The normalized spacial score (nSPS) is 18.9. The minimum atomic E-state index is -0.281. The van der Waals surface area contributed by atoms with E-state index in [0.29, 0.717) is 12.4 Å². The maximum atomic E-state index is 12.8. The number of piperidine rings is 1. The number of carbonyl (C=O) groups is 1. The molecular weight excluding hydrogens is 395 g/mol. The van der Waals surface area contributed by atoms with E-state index < -0.39 is 0 Å². The average Bonchev–Trinajstić information content (AvgIpc) is 3.19. The van der Waals surface area contributed by atoms with Gasteiger partial charge in [-0.2, -0.15) is 5.10 Å². The fourth-order valence-electron chi connectivity index (χ4n) is 5.00. The first kappa shape index (κ1) is 20.1. The number of anilines is 1. The van der Waals surface area contributed by atoms with Crippen molar-refractivity contribution >= 4 is 22.5 Å². The van der Waals surface area contributed by atoms with Crippen LogP contribution < -0.4 is 5.32 Å². The number of amides is 1. The number of carbonyl (C=O) groups excluding carboxylic acids is 1. The molecule has 7 nitrogen and oxygen atoms in total. The Morgan fingerprint density at radius 2 is 1.94 bits per heavy atom. The summed E-state index contributed by atoms with van der Waals surface area (Å²) in [6.45, 7) is 2.14. The van der Waals surface area contributed by atoms with E-state index in [1.807, 2.05) is 25.4 Å². The SMILES string of the molecule is Cn1cc(-c2cc3cc(NC(=O)C4CC5(CCN(CCF)CC5)C4)ncc3cn2)cn1. The van der Waals surface area contributed by atoms with Gasteiger partial charge in [0.1, 0.15) is 12.5 Å². The summed E-state index contributed by atoms with van der Waals surface area (Å²) in [5.41, 5.74) is 2.06. The third kappa shape index (κ3) is 4.04. The van der Waals surface area contributed by atoms with E-state index in [4.69, 9.17) is 0 Å². The van der Waals surface area contributed by atoms with Gasteiger partial charge in [0.25, 0.3) is 0 Å². The first-order chi connectivity index (χ1) is 15.0. The molecule has 31 heavy (non-hydrogen) atoms. The van der Waals surface area contributed by atoms with E-state index in [9.17, 15) is 9.18 Å². The molecule has 1 spiro atoms. The zero-order valence-electron chi connectivity index (χ0n) is 17.7. The molecule has 8 heteroatoms. The van der Waals surface area contributed by atoms with Crippen LogP contribution in [0.5, 0.6) is 0 Å².